The van der Waals surface area contributed by atoms with Gasteiger partial charge >= 0.3 is 0 Å². The SMILES string of the molecule is NSC1CN(CCCl)C1. The highest BCUT2D eigenvalue weighted by Gasteiger charge is 2.24. The van der Waals surface area contributed by atoms with E-state index in [-0.39, 0.29) is 0 Å². The van der Waals surface area contributed by atoms with Gasteiger partial charge < -0.3 is 0 Å². The summed E-state index contributed by atoms with van der Waals surface area (Å²) in [5.74, 6) is 0.738. The van der Waals surface area contributed by atoms with Crippen LogP contribution in [-0.2, 0) is 0 Å². The van der Waals surface area contributed by atoms with Gasteiger partial charge in [0.05, 0.1) is 0 Å². The molecule has 0 spiro atoms. The van der Waals surface area contributed by atoms with E-state index in [2.05, 4.69) is 4.90 Å². The summed E-state index contributed by atoms with van der Waals surface area (Å²) in [4.78, 5) is 2.30. The van der Waals surface area contributed by atoms with Crippen LogP contribution >= 0.6 is 23.5 Å². The number of hydrogen-bond acceptors (Lipinski definition) is 3. The molecule has 2 nitrogen and oxygen atoms in total. The Morgan fingerprint density at radius 3 is 2.78 bits per heavy atom. The third kappa shape index (κ3) is 2.00. The van der Waals surface area contributed by atoms with Crippen LogP contribution in [0.5, 0.6) is 0 Å². The van der Waals surface area contributed by atoms with Crippen molar-refractivity contribution in [3.05, 3.63) is 0 Å². The van der Waals surface area contributed by atoms with Gasteiger partial charge in [-0.2, -0.15) is 0 Å². The summed E-state index contributed by atoms with van der Waals surface area (Å²) >= 11 is 6.98. The Bertz CT molecular complexity index is 85.0. The van der Waals surface area contributed by atoms with E-state index in [9.17, 15) is 0 Å². The molecular weight excluding hydrogens is 156 g/mol. The van der Waals surface area contributed by atoms with Crippen LogP contribution in [0.2, 0.25) is 0 Å². The molecule has 0 bridgehead atoms. The number of hydrogen-bond donors (Lipinski definition) is 1. The van der Waals surface area contributed by atoms with E-state index < -0.39 is 0 Å². The number of alkyl halides is 1. The van der Waals surface area contributed by atoms with Crippen molar-refractivity contribution >= 4 is 23.5 Å². The van der Waals surface area contributed by atoms with Crippen molar-refractivity contribution in [2.75, 3.05) is 25.5 Å². The maximum absolute atomic E-state index is 5.52. The van der Waals surface area contributed by atoms with Crippen molar-refractivity contribution in [2.45, 2.75) is 5.25 Å². The fourth-order valence-corrected chi connectivity index (χ4v) is 1.74. The number of halogens is 1. The van der Waals surface area contributed by atoms with E-state index in [0.29, 0.717) is 5.25 Å². The highest BCUT2D eigenvalue weighted by atomic mass is 35.5. The molecule has 9 heavy (non-hydrogen) atoms. The van der Waals surface area contributed by atoms with E-state index in [1.807, 2.05) is 0 Å². The van der Waals surface area contributed by atoms with Gasteiger partial charge in [-0.25, -0.2) is 0 Å². The summed E-state index contributed by atoms with van der Waals surface area (Å²) in [5, 5.41) is 6.01. The molecule has 0 aromatic heterocycles. The zero-order valence-electron chi connectivity index (χ0n) is 5.22. The zero-order chi connectivity index (χ0) is 6.69. The van der Waals surface area contributed by atoms with Gasteiger partial charge in [-0.05, 0) is 0 Å². The molecule has 0 unspecified atom stereocenters. The molecule has 0 radical (unpaired) electrons. The molecule has 0 aliphatic carbocycles. The Kier molecular flexibility index (Phi) is 3.12. The van der Waals surface area contributed by atoms with Crippen molar-refractivity contribution in [1.29, 1.82) is 0 Å². The van der Waals surface area contributed by atoms with Crippen LogP contribution in [0.25, 0.3) is 0 Å². The summed E-state index contributed by atoms with van der Waals surface area (Å²) in [6, 6.07) is 0. The van der Waals surface area contributed by atoms with Gasteiger partial charge in [-0.1, -0.05) is 11.9 Å². The summed E-state index contributed by atoms with van der Waals surface area (Å²) in [5.41, 5.74) is 0. The molecule has 1 aliphatic heterocycles. The summed E-state index contributed by atoms with van der Waals surface area (Å²) < 4.78 is 0. The largest absolute Gasteiger partial charge is 0.300 e. The average molecular weight is 167 g/mol. The third-order valence-corrected chi connectivity index (χ3v) is 2.37. The van der Waals surface area contributed by atoms with Crippen molar-refractivity contribution in [2.24, 2.45) is 5.14 Å². The molecule has 0 amide bonds. The molecule has 1 fully saturated rings. The van der Waals surface area contributed by atoms with Gasteiger partial charge in [0.15, 0.2) is 0 Å². The van der Waals surface area contributed by atoms with E-state index in [1.165, 1.54) is 11.9 Å². The number of nitrogens with two attached hydrogens (primary N) is 1. The van der Waals surface area contributed by atoms with Crippen LogP contribution in [0, 0.1) is 0 Å². The van der Waals surface area contributed by atoms with Crippen LogP contribution in [0.4, 0.5) is 0 Å². The summed E-state index contributed by atoms with van der Waals surface area (Å²) in [6.07, 6.45) is 0. The highest BCUT2D eigenvalue weighted by molar-refractivity contribution is 7.97. The molecule has 0 saturated carbocycles. The second kappa shape index (κ2) is 3.66. The first kappa shape index (κ1) is 7.66. The minimum atomic E-state index is 0.660. The van der Waals surface area contributed by atoms with Gasteiger partial charge in [-0.15, -0.1) is 11.6 Å². The van der Waals surface area contributed by atoms with Crippen molar-refractivity contribution in [3.8, 4) is 0 Å². The Morgan fingerprint density at radius 1 is 1.67 bits per heavy atom. The quantitative estimate of drug-likeness (QED) is 0.490. The Morgan fingerprint density at radius 2 is 2.33 bits per heavy atom. The van der Waals surface area contributed by atoms with Crippen LogP contribution in [-0.4, -0.2) is 35.7 Å². The predicted octanol–water partition coefficient (Wildman–Crippen LogP) is 0.516. The van der Waals surface area contributed by atoms with Crippen molar-refractivity contribution < 1.29 is 0 Å². The van der Waals surface area contributed by atoms with Crippen LogP contribution in [0.1, 0.15) is 0 Å². The lowest BCUT2D eigenvalue weighted by atomic mass is 10.2. The predicted molar refractivity (Wildman–Crippen MR) is 42.7 cm³/mol. The Balaban J connectivity index is 1.98. The summed E-state index contributed by atoms with van der Waals surface area (Å²) in [7, 11) is 0. The number of rotatable bonds is 3. The lowest BCUT2D eigenvalue weighted by Crippen LogP contribution is -2.50. The topological polar surface area (TPSA) is 29.3 Å². The van der Waals surface area contributed by atoms with Crippen LogP contribution < -0.4 is 5.14 Å². The fraction of sp³-hybridized carbons (Fsp3) is 1.00. The first-order valence-corrected chi connectivity index (χ1v) is 4.48. The van der Waals surface area contributed by atoms with Gasteiger partial charge in [0.2, 0.25) is 0 Å². The molecule has 54 valence electrons. The maximum Gasteiger partial charge on any atom is 0.0445 e. The Labute approximate surface area is 64.9 Å². The lowest BCUT2D eigenvalue weighted by Gasteiger charge is -2.37. The average Bonchev–Trinajstić information content (AvgIpc) is 1.77. The van der Waals surface area contributed by atoms with E-state index in [1.54, 1.807) is 0 Å². The number of nitrogens with zero attached hydrogens (tertiary/aromatic N) is 1. The Hall–Kier alpha value is 0.560. The van der Waals surface area contributed by atoms with Gasteiger partial charge in [0.1, 0.15) is 0 Å². The normalized spacial score (nSPS) is 22.0. The molecule has 1 heterocycles. The first-order chi connectivity index (χ1) is 4.36. The monoisotopic (exact) mass is 166 g/mol. The molecule has 4 heteroatoms. The van der Waals surface area contributed by atoms with E-state index in [0.717, 1.165) is 25.5 Å². The molecule has 2 N–H and O–H groups in total. The van der Waals surface area contributed by atoms with Crippen molar-refractivity contribution in [3.63, 3.8) is 0 Å². The first-order valence-electron chi connectivity index (χ1n) is 3.00. The smallest absolute Gasteiger partial charge is 0.0445 e. The molecule has 0 atom stereocenters. The molecule has 1 aliphatic rings. The highest BCUT2D eigenvalue weighted by Crippen LogP contribution is 2.16. The second-order valence-electron chi connectivity index (χ2n) is 2.21. The second-order valence-corrected chi connectivity index (χ2v) is 3.52. The van der Waals surface area contributed by atoms with Gasteiger partial charge in [-0.3, -0.25) is 10.0 Å². The van der Waals surface area contributed by atoms with Crippen LogP contribution in [0.15, 0.2) is 0 Å². The molecule has 0 aromatic carbocycles. The minimum absolute atomic E-state index is 0.660. The molecular formula is C5H11ClN2S. The molecule has 1 rings (SSSR count). The van der Waals surface area contributed by atoms with Crippen molar-refractivity contribution in [1.82, 2.24) is 4.90 Å². The minimum Gasteiger partial charge on any atom is -0.300 e. The van der Waals surface area contributed by atoms with Gasteiger partial charge in [0, 0.05) is 30.8 Å². The van der Waals surface area contributed by atoms with E-state index >= 15 is 0 Å². The number of likely N-dealkylation sites (tertiary alicyclic amines) is 1. The molecule has 0 aromatic rings. The van der Waals surface area contributed by atoms with E-state index in [4.69, 9.17) is 16.7 Å². The third-order valence-electron chi connectivity index (χ3n) is 1.52. The zero-order valence-corrected chi connectivity index (χ0v) is 6.79. The standard InChI is InChI=1S/C5H11ClN2S/c6-1-2-8-3-5(4-8)9-7/h5H,1-4,7H2. The molecule has 1 saturated heterocycles. The fourth-order valence-electron chi connectivity index (χ4n) is 0.911. The summed E-state index contributed by atoms with van der Waals surface area (Å²) in [6.45, 7) is 3.25. The maximum atomic E-state index is 5.52. The van der Waals surface area contributed by atoms with Gasteiger partial charge in [0.25, 0.3) is 0 Å². The van der Waals surface area contributed by atoms with Crippen LogP contribution in [0.3, 0.4) is 0 Å². The lowest BCUT2D eigenvalue weighted by molar-refractivity contribution is 0.203.